The van der Waals surface area contributed by atoms with Gasteiger partial charge in [-0.25, -0.2) is 4.98 Å². The molecule has 0 aliphatic heterocycles. The van der Waals surface area contributed by atoms with Crippen molar-refractivity contribution in [1.82, 2.24) is 4.98 Å². The SMILES string of the molecule is Cc1ccc(O)c(-c2ncc(C)o2)c1. The van der Waals surface area contributed by atoms with Crippen LogP contribution in [0.3, 0.4) is 0 Å². The van der Waals surface area contributed by atoms with Gasteiger partial charge < -0.3 is 9.52 Å². The zero-order chi connectivity index (χ0) is 10.1. The van der Waals surface area contributed by atoms with Crippen molar-refractivity contribution < 1.29 is 9.52 Å². The third-order valence-corrected chi connectivity index (χ3v) is 2.00. The molecule has 3 heteroatoms. The number of aryl methyl sites for hydroxylation is 2. The van der Waals surface area contributed by atoms with E-state index in [4.69, 9.17) is 4.42 Å². The van der Waals surface area contributed by atoms with Crippen molar-refractivity contribution in [3.63, 3.8) is 0 Å². The van der Waals surface area contributed by atoms with Crippen molar-refractivity contribution in [2.75, 3.05) is 0 Å². The van der Waals surface area contributed by atoms with Gasteiger partial charge >= 0.3 is 0 Å². The number of phenols is 1. The van der Waals surface area contributed by atoms with Gasteiger partial charge in [0, 0.05) is 0 Å². The van der Waals surface area contributed by atoms with Crippen LogP contribution < -0.4 is 0 Å². The Morgan fingerprint density at radius 1 is 1.29 bits per heavy atom. The Labute approximate surface area is 82.0 Å². The first-order chi connectivity index (χ1) is 6.66. The molecule has 0 atom stereocenters. The topological polar surface area (TPSA) is 46.3 Å². The second-order valence-electron chi connectivity index (χ2n) is 3.30. The van der Waals surface area contributed by atoms with Crippen LogP contribution in [-0.4, -0.2) is 10.1 Å². The monoisotopic (exact) mass is 189 g/mol. The molecule has 2 aromatic rings. The Kier molecular flexibility index (Phi) is 2.00. The van der Waals surface area contributed by atoms with Gasteiger partial charge in [-0.3, -0.25) is 0 Å². The van der Waals surface area contributed by atoms with Gasteiger partial charge in [-0.15, -0.1) is 0 Å². The van der Waals surface area contributed by atoms with Crippen molar-refractivity contribution in [2.24, 2.45) is 0 Å². The number of aromatic hydroxyl groups is 1. The van der Waals surface area contributed by atoms with Crippen molar-refractivity contribution in [2.45, 2.75) is 13.8 Å². The molecule has 0 spiro atoms. The molecule has 1 N–H and O–H groups in total. The molecule has 1 aromatic carbocycles. The average molecular weight is 189 g/mol. The molecule has 0 saturated heterocycles. The quantitative estimate of drug-likeness (QED) is 0.750. The molecule has 0 radical (unpaired) electrons. The smallest absolute Gasteiger partial charge is 0.229 e. The molecule has 3 nitrogen and oxygen atoms in total. The molecule has 1 aromatic heterocycles. The van der Waals surface area contributed by atoms with Crippen LogP contribution in [0.25, 0.3) is 11.5 Å². The Bertz CT molecular complexity index is 460. The molecule has 0 unspecified atom stereocenters. The van der Waals surface area contributed by atoms with Gasteiger partial charge in [0.25, 0.3) is 0 Å². The summed E-state index contributed by atoms with van der Waals surface area (Å²) in [6.07, 6.45) is 1.64. The summed E-state index contributed by atoms with van der Waals surface area (Å²) in [5.41, 5.74) is 1.70. The lowest BCUT2D eigenvalue weighted by Gasteiger charge is -2.00. The van der Waals surface area contributed by atoms with Gasteiger partial charge in [-0.2, -0.15) is 0 Å². The van der Waals surface area contributed by atoms with E-state index in [0.29, 0.717) is 11.5 Å². The summed E-state index contributed by atoms with van der Waals surface area (Å²) in [4.78, 5) is 4.06. The summed E-state index contributed by atoms with van der Waals surface area (Å²) >= 11 is 0. The van der Waals surface area contributed by atoms with Crippen molar-refractivity contribution in [3.8, 4) is 17.2 Å². The fourth-order valence-corrected chi connectivity index (χ4v) is 1.30. The first-order valence-electron chi connectivity index (χ1n) is 4.39. The lowest BCUT2D eigenvalue weighted by atomic mass is 10.1. The molecular weight excluding hydrogens is 178 g/mol. The first kappa shape index (κ1) is 8.81. The number of hydrogen-bond donors (Lipinski definition) is 1. The number of hydrogen-bond acceptors (Lipinski definition) is 3. The van der Waals surface area contributed by atoms with Crippen LogP contribution in [0.4, 0.5) is 0 Å². The number of phenolic OH excluding ortho intramolecular Hbond substituents is 1. The van der Waals surface area contributed by atoms with Gasteiger partial charge in [0.1, 0.15) is 11.5 Å². The van der Waals surface area contributed by atoms with Crippen molar-refractivity contribution in [3.05, 3.63) is 35.7 Å². The van der Waals surface area contributed by atoms with Crippen LogP contribution >= 0.6 is 0 Å². The fourth-order valence-electron chi connectivity index (χ4n) is 1.30. The van der Waals surface area contributed by atoms with E-state index in [-0.39, 0.29) is 5.75 Å². The summed E-state index contributed by atoms with van der Waals surface area (Å²) in [6, 6.07) is 5.33. The van der Waals surface area contributed by atoms with Crippen LogP contribution in [-0.2, 0) is 0 Å². The maximum atomic E-state index is 9.60. The second kappa shape index (κ2) is 3.18. The standard InChI is InChI=1S/C11H11NO2/c1-7-3-4-10(13)9(5-7)11-12-6-8(2)14-11/h3-6,13H,1-2H3. The summed E-state index contributed by atoms with van der Waals surface area (Å²) in [5.74, 6) is 1.39. The van der Waals surface area contributed by atoms with Crippen LogP contribution in [0.15, 0.2) is 28.8 Å². The molecular formula is C11H11NO2. The second-order valence-corrected chi connectivity index (χ2v) is 3.30. The zero-order valence-electron chi connectivity index (χ0n) is 8.11. The Balaban J connectivity index is 2.55. The Morgan fingerprint density at radius 2 is 2.07 bits per heavy atom. The number of rotatable bonds is 1. The van der Waals surface area contributed by atoms with Crippen LogP contribution in [0.1, 0.15) is 11.3 Å². The summed E-state index contributed by atoms with van der Waals surface area (Å²) in [6.45, 7) is 3.78. The van der Waals surface area contributed by atoms with E-state index in [0.717, 1.165) is 11.3 Å². The first-order valence-corrected chi connectivity index (χ1v) is 4.39. The number of benzene rings is 1. The van der Waals surface area contributed by atoms with E-state index in [1.54, 1.807) is 12.3 Å². The van der Waals surface area contributed by atoms with E-state index in [2.05, 4.69) is 4.98 Å². The number of oxazole rings is 1. The van der Waals surface area contributed by atoms with Crippen LogP contribution in [0.5, 0.6) is 5.75 Å². The predicted octanol–water partition coefficient (Wildman–Crippen LogP) is 2.66. The van der Waals surface area contributed by atoms with Gasteiger partial charge in [0.05, 0.1) is 11.8 Å². The molecule has 0 amide bonds. The normalized spacial score (nSPS) is 10.4. The van der Waals surface area contributed by atoms with E-state index in [1.807, 2.05) is 26.0 Å². The Hall–Kier alpha value is -1.77. The maximum absolute atomic E-state index is 9.60. The number of aromatic nitrogens is 1. The average Bonchev–Trinajstić information content (AvgIpc) is 2.56. The molecule has 0 bridgehead atoms. The summed E-state index contributed by atoms with van der Waals surface area (Å²) in [7, 11) is 0. The van der Waals surface area contributed by atoms with E-state index < -0.39 is 0 Å². The van der Waals surface area contributed by atoms with Crippen molar-refractivity contribution >= 4 is 0 Å². The Morgan fingerprint density at radius 3 is 2.71 bits per heavy atom. The molecule has 0 saturated carbocycles. The lowest BCUT2D eigenvalue weighted by molar-refractivity contribution is 0.471. The predicted molar refractivity (Wildman–Crippen MR) is 53.1 cm³/mol. The number of nitrogens with zero attached hydrogens (tertiary/aromatic N) is 1. The largest absolute Gasteiger partial charge is 0.507 e. The fraction of sp³-hybridized carbons (Fsp3) is 0.182. The van der Waals surface area contributed by atoms with Gasteiger partial charge in [-0.05, 0) is 26.0 Å². The maximum Gasteiger partial charge on any atom is 0.229 e. The highest BCUT2D eigenvalue weighted by Gasteiger charge is 2.09. The molecule has 0 aliphatic carbocycles. The minimum atomic E-state index is 0.192. The molecule has 2 rings (SSSR count). The molecule has 1 heterocycles. The summed E-state index contributed by atoms with van der Waals surface area (Å²) in [5, 5.41) is 9.60. The van der Waals surface area contributed by atoms with Crippen LogP contribution in [0, 0.1) is 13.8 Å². The molecule has 72 valence electrons. The summed E-state index contributed by atoms with van der Waals surface area (Å²) < 4.78 is 5.33. The van der Waals surface area contributed by atoms with Gasteiger partial charge in [0.2, 0.25) is 5.89 Å². The van der Waals surface area contributed by atoms with E-state index >= 15 is 0 Å². The lowest BCUT2D eigenvalue weighted by Crippen LogP contribution is -1.80. The third kappa shape index (κ3) is 1.48. The minimum Gasteiger partial charge on any atom is -0.507 e. The highest BCUT2D eigenvalue weighted by molar-refractivity contribution is 5.63. The van der Waals surface area contributed by atoms with E-state index in [1.165, 1.54) is 0 Å². The van der Waals surface area contributed by atoms with Gasteiger partial charge in [-0.1, -0.05) is 11.6 Å². The highest BCUT2D eigenvalue weighted by atomic mass is 16.4. The van der Waals surface area contributed by atoms with E-state index in [9.17, 15) is 5.11 Å². The minimum absolute atomic E-state index is 0.192. The van der Waals surface area contributed by atoms with Crippen molar-refractivity contribution in [1.29, 1.82) is 0 Å². The zero-order valence-corrected chi connectivity index (χ0v) is 8.11. The molecule has 14 heavy (non-hydrogen) atoms. The molecule has 0 aliphatic rings. The van der Waals surface area contributed by atoms with Gasteiger partial charge in [0.15, 0.2) is 0 Å². The van der Waals surface area contributed by atoms with Crippen LogP contribution in [0.2, 0.25) is 0 Å². The highest BCUT2D eigenvalue weighted by Crippen LogP contribution is 2.29. The third-order valence-electron chi connectivity index (χ3n) is 2.00. The molecule has 0 fully saturated rings.